The van der Waals surface area contributed by atoms with Gasteiger partial charge in [0.05, 0.1) is 0 Å². The molecule has 0 N–H and O–H groups in total. The van der Waals surface area contributed by atoms with Crippen molar-refractivity contribution in [1.82, 2.24) is 4.90 Å². The Morgan fingerprint density at radius 2 is 2.08 bits per heavy atom. The lowest BCUT2D eigenvalue weighted by molar-refractivity contribution is -0.139. The van der Waals surface area contributed by atoms with Gasteiger partial charge in [-0.3, -0.25) is 9.59 Å². The zero-order chi connectivity index (χ0) is 9.30. The molecule has 68 valence electrons. The van der Waals surface area contributed by atoms with Crippen molar-refractivity contribution in [3.8, 4) is 0 Å². The first-order chi connectivity index (χ1) is 5.54. The van der Waals surface area contributed by atoms with E-state index in [9.17, 15) is 9.59 Å². The second-order valence-corrected chi connectivity index (χ2v) is 4.12. The topological polar surface area (TPSA) is 37.4 Å². The Hall–Kier alpha value is -0.380. The van der Waals surface area contributed by atoms with Gasteiger partial charge in [-0.1, -0.05) is 15.9 Å². The molecule has 1 fully saturated rings. The van der Waals surface area contributed by atoms with Gasteiger partial charge in [-0.2, -0.15) is 0 Å². The van der Waals surface area contributed by atoms with Crippen LogP contribution in [0.4, 0.5) is 0 Å². The number of halogens is 1. The van der Waals surface area contributed by atoms with Gasteiger partial charge in [0.15, 0.2) is 10.6 Å². The first kappa shape index (κ1) is 9.71. The lowest BCUT2D eigenvalue weighted by Crippen LogP contribution is -2.49. The number of hydrogen-bond donors (Lipinski definition) is 0. The minimum Gasteiger partial charge on any atom is -0.338 e. The molecule has 1 aliphatic rings. The fraction of sp³-hybridized carbons (Fsp3) is 0.750. The number of likely N-dealkylation sites (tertiary alicyclic amines) is 1. The fourth-order valence-corrected chi connectivity index (χ4v) is 1.76. The van der Waals surface area contributed by atoms with Gasteiger partial charge in [0.1, 0.15) is 0 Å². The van der Waals surface area contributed by atoms with E-state index in [2.05, 4.69) is 15.9 Å². The van der Waals surface area contributed by atoms with Crippen molar-refractivity contribution >= 4 is 27.6 Å². The highest BCUT2D eigenvalue weighted by Gasteiger charge is 2.33. The maximum Gasteiger partial charge on any atom is 0.244 e. The zero-order valence-corrected chi connectivity index (χ0v) is 8.80. The Kier molecular flexibility index (Phi) is 2.88. The Labute approximate surface area is 80.2 Å². The monoisotopic (exact) mass is 233 g/mol. The summed E-state index contributed by atoms with van der Waals surface area (Å²) in [5.41, 5.74) is 0. The van der Waals surface area contributed by atoms with Gasteiger partial charge >= 0.3 is 0 Å². The molecular formula is C8H12BrNO2. The minimum atomic E-state index is -0.603. The molecule has 0 bridgehead atoms. The molecule has 0 aromatic rings. The number of rotatable bonds is 1. The third-order valence-corrected chi connectivity index (χ3v) is 2.91. The molecule has 0 aromatic heterocycles. The van der Waals surface area contributed by atoms with Crippen molar-refractivity contribution in [3.05, 3.63) is 0 Å². The highest BCUT2D eigenvalue weighted by molar-refractivity contribution is 9.10. The first-order valence-corrected chi connectivity index (χ1v) is 4.93. The Balaban J connectivity index is 2.72. The van der Waals surface area contributed by atoms with Crippen LogP contribution in [0.25, 0.3) is 0 Å². The van der Waals surface area contributed by atoms with E-state index in [1.807, 2.05) is 13.8 Å². The van der Waals surface area contributed by atoms with Crippen LogP contribution in [0, 0.1) is 0 Å². The summed E-state index contributed by atoms with van der Waals surface area (Å²) in [6.45, 7) is 4.47. The molecular weight excluding hydrogens is 222 g/mol. The Morgan fingerprint density at radius 3 is 2.58 bits per heavy atom. The van der Waals surface area contributed by atoms with Crippen molar-refractivity contribution in [1.29, 1.82) is 0 Å². The van der Waals surface area contributed by atoms with Gasteiger partial charge in [-0.25, -0.2) is 0 Å². The molecule has 4 heteroatoms. The molecule has 1 unspecified atom stereocenters. The van der Waals surface area contributed by atoms with E-state index in [1.54, 1.807) is 4.90 Å². The number of Topliss-reactive ketones (excluding diaryl/α,β-unsaturated/α-hetero) is 1. The summed E-state index contributed by atoms with van der Waals surface area (Å²) >= 11 is 3.09. The van der Waals surface area contributed by atoms with E-state index in [4.69, 9.17) is 0 Å². The van der Waals surface area contributed by atoms with E-state index in [1.165, 1.54) is 0 Å². The average molecular weight is 234 g/mol. The van der Waals surface area contributed by atoms with Crippen LogP contribution in [-0.4, -0.2) is 34.0 Å². The summed E-state index contributed by atoms with van der Waals surface area (Å²) in [7, 11) is 0. The fourth-order valence-electron chi connectivity index (χ4n) is 1.26. The highest BCUT2D eigenvalue weighted by atomic mass is 79.9. The molecule has 1 heterocycles. The largest absolute Gasteiger partial charge is 0.338 e. The summed E-state index contributed by atoms with van der Waals surface area (Å²) in [5, 5.41) is 0. The third kappa shape index (κ3) is 1.68. The van der Waals surface area contributed by atoms with Crippen LogP contribution in [0.1, 0.15) is 20.3 Å². The molecule has 0 saturated carbocycles. The van der Waals surface area contributed by atoms with Gasteiger partial charge < -0.3 is 4.90 Å². The van der Waals surface area contributed by atoms with Crippen molar-refractivity contribution in [2.45, 2.75) is 31.1 Å². The SMILES string of the molecule is CC(C)N1CCC(=O)C(Br)C1=O. The number of carbonyl (C=O) groups excluding carboxylic acids is 2. The summed E-state index contributed by atoms with van der Waals surface area (Å²) in [4.78, 5) is 23.6. The van der Waals surface area contributed by atoms with Crippen molar-refractivity contribution in [2.24, 2.45) is 0 Å². The smallest absolute Gasteiger partial charge is 0.244 e. The van der Waals surface area contributed by atoms with E-state index in [0.29, 0.717) is 13.0 Å². The Morgan fingerprint density at radius 1 is 1.50 bits per heavy atom. The Bertz CT molecular complexity index is 215. The lowest BCUT2D eigenvalue weighted by Gasteiger charge is -2.32. The van der Waals surface area contributed by atoms with Crippen LogP contribution in [0.15, 0.2) is 0 Å². The predicted molar refractivity (Wildman–Crippen MR) is 49.2 cm³/mol. The number of hydrogen-bond acceptors (Lipinski definition) is 2. The van der Waals surface area contributed by atoms with Gasteiger partial charge in [0, 0.05) is 19.0 Å². The molecule has 0 aromatic carbocycles. The molecule has 12 heavy (non-hydrogen) atoms. The summed E-state index contributed by atoms with van der Waals surface area (Å²) in [5.74, 6) is -0.0989. The van der Waals surface area contributed by atoms with Crippen molar-refractivity contribution < 1.29 is 9.59 Å². The second kappa shape index (κ2) is 3.56. The second-order valence-electron chi connectivity index (χ2n) is 3.20. The lowest BCUT2D eigenvalue weighted by atomic mass is 10.1. The van der Waals surface area contributed by atoms with E-state index in [0.717, 1.165) is 0 Å². The van der Waals surface area contributed by atoms with E-state index < -0.39 is 4.83 Å². The number of ketones is 1. The quantitative estimate of drug-likeness (QED) is 0.500. The third-order valence-electron chi connectivity index (χ3n) is 2.01. The minimum absolute atomic E-state index is 0.00287. The summed E-state index contributed by atoms with van der Waals surface area (Å²) in [6, 6.07) is 0.186. The highest BCUT2D eigenvalue weighted by Crippen LogP contribution is 2.17. The van der Waals surface area contributed by atoms with Crippen molar-refractivity contribution in [2.75, 3.05) is 6.54 Å². The molecule has 0 radical (unpaired) electrons. The van der Waals surface area contributed by atoms with Gasteiger partial charge in [-0.15, -0.1) is 0 Å². The number of piperidine rings is 1. The normalized spacial score (nSPS) is 25.3. The van der Waals surface area contributed by atoms with Crippen LogP contribution in [0.5, 0.6) is 0 Å². The molecule has 1 amide bonds. The van der Waals surface area contributed by atoms with Gasteiger partial charge in [0.25, 0.3) is 0 Å². The van der Waals surface area contributed by atoms with Crippen LogP contribution in [0.2, 0.25) is 0 Å². The molecule has 0 aliphatic carbocycles. The number of carbonyl (C=O) groups is 2. The van der Waals surface area contributed by atoms with Crippen LogP contribution < -0.4 is 0 Å². The first-order valence-electron chi connectivity index (χ1n) is 4.01. The average Bonchev–Trinajstić information content (AvgIpc) is 2.00. The zero-order valence-electron chi connectivity index (χ0n) is 7.21. The number of alkyl halides is 1. The number of amides is 1. The van der Waals surface area contributed by atoms with Gasteiger partial charge in [-0.05, 0) is 13.8 Å². The molecule has 0 spiro atoms. The standard InChI is InChI=1S/C8H12BrNO2/c1-5(2)10-4-3-6(11)7(9)8(10)12/h5,7H,3-4H2,1-2H3. The maximum absolute atomic E-state index is 11.4. The van der Waals surface area contributed by atoms with E-state index in [-0.39, 0.29) is 17.7 Å². The van der Waals surface area contributed by atoms with Crippen LogP contribution in [0.3, 0.4) is 0 Å². The van der Waals surface area contributed by atoms with Crippen LogP contribution >= 0.6 is 15.9 Å². The molecule has 3 nitrogen and oxygen atoms in total. The maximum atomic E-state index is 11.4. The predicted octanol–water partition coefficient (Wildman–Crippen LogP) is 0.960. The van der Waals surface area contributed by atoms with Gasteiger partial charge in [0.2, 0.25) is 5.91 Å². The molecule has 1 aliphatic heterocycles. The van der Waals surface area contributed by atoms with Crippen molar-refractivity contribution in [3.63, 3.8) is 0 Å². The summed E-state index contributed by atoms with van der Waals surface area (Å²) in [6.07, 6.45) is 0.472. The van der Waals surface area contributed by atoms with Crippen LogP contribution in [-0.2, 0) is 9.59 Å². The number of nitrogens with zero attached hydrogens (tertiary/aromatic N) is 1. The summed E-state index contributed by atoms with van der Waals surface area (Å²) < 4.78 is 0. The molecule has 1 atom stereocenters. The molecule has 1 rings (SSSR count). The van der Waals surface area contributed by atoms with E-state index >= 15 is 0 Å². The molecule has 1 saturated heterocycles.